The molecule has 0 aromatic heterocycles. The maximum Gasteiger partial charge on any atom is 0.293 e. The fraction of sp³-hybridized carbons (Fsp3) is 0.429. The van der Waals surface area contributed by atoms with Gasteiger partial charge in [-0.05, 0) is 19.2 Å². The van der Waals surface area contributed by atoms with Gasteiger partial charge < -0.3 is 10.2 Å². The first kappa shape index (κ1) is 17.4. The van der Waals surface area contributed by atoms with Crippen LogP contribution < -0.4 is 5.32 Å². The molecule has 0 aliphatic carbocycles. The SMILES string of the molecule is C=CCNc1ccc(S(=O)(=O)N2CCN(C)CC2)cc1[N+](=O)[O-]. The van der Waals surface area contributed by atoms with Crippen LogP contribution in [0.1, 0.15) is 0 Å². The summed E-state index contributed by atoms with van der Waals surface area (Å²) in [6, 6.07) is 3.93. The van der Waals surface area contributed by atoms with Crippen LogP contribution in [0.5, 0.6) is 0 Å². The largest absolute Gasteiger partial charge is 0.376 e. The number of nitro groups is 1. The fourth-order valence-corrected chi connectivity index (χ4v) is 3.77. The number of nitrogens with zero attached hydrogens (tertiary/aromatic N) is 3. The lowest BCUT2D eigenvalue weighted by molar-refractivity contribution is -0.384. The second-order valence-corrected chi connectivity index (χ2v) is 7.25. The average Bonchev–Trinajstić information content (AvgIpc) is 2.53. The lowest BCUT2D eigenvalue weighted by Gasteiger charge is -2.31. The van der Waals surface area contributed by atoms with Crippen molar-refractivity contribution in [3.63, 3.8) is 0 Å². The summed E-state index contributed by atoms with van der Waals surface area (Å²) in [6.07, 6.45) is 1.57. The van der Waals surface area contributed by atoms with Crippen molar-refractivity contribution in [2.24, 2.45) is 0 Å². The van der Waals surface area contributed by atoms with Gasteiger partial charge in [0.2, 0.25) is 10.0 Å². The molecule has 0 unspecified atom stereocenters. The minimum absolute atomic E-state index is 0.0575. The Morgan fingerprint density at radius 2 is 2.00 bits per heavy atom. The Balaban J connectivity index is 2.33. The third-order valence-corrected chi connectivity index (χ3v) is 5.60. The highest BCUT2D eigenvalue weighted by Gasteiger charge is 2.29. The van der Waals surface area contributed by atoms with E-state index >= 15 is 0 Å². The number of hydrogen-bond acceptors (Lipinski definition) is 6. The van der Waals surface area contributed by atoms with E-state index in [9.17, 15) is 18.5 Å². The Labute approximate surface area is 135 Å². The number of anilines is 1. The van der Waals surface area contributed by atoms with E-state index in [0.29, 0.717) is 32.7 Å². The number of hydrogen-bond donors (Lipinski definition) is 1. The number of nitrogens with one attached hydrogen (secondary N) is 1. The molecular weight excluding hydrogens is 320 g/mol. The van der Waals surface area contributed by atoms with E-state index in [2.05, 4.69) is 11.9 Å². The van der Waals surface area contributed by atoms with E-state index < -0.39 is 14.9 Å². The van der Waals surface area contributed by atoms with Gasteiger partial charge in [0.15, 0.2) is 0 Å². The molecule has 23 heavy (non-hydrogen) atoms. The van der Waals surface area contributed by atoms with Crippen LogP contribution in [-0.4, -0.2) is 62.3 Å². The molecule has 2 rings (SSSR count). The molecule has 0 bridgehead atoms. The molecule has 126 valence electrons. The Morgan fingerprint density at radius 3 is 2.57 bits per heavy atom. The normalized spacial score (nSPS) is 16.9. The number of sulfonamides is 1. The number of nitro benzene ring substituents is 1. The van der Waals surface area contributed by atoms with E-state index in [1.54, 1.807) is 6.08 Å². The van der Waals surface area contributed by atoms with Gasteiger partial charge in [-0.25, -0.2) is 8.42 Å². The third-order valence-electron chi connectivity index (χ3n) is 3.70. The highest BCUT2D eigenvalue weighted by atomic mass is 32.2. The summed E-state index contributed by atoms with van der Waals surface area (Å²) < 4.78 is 26.6. The van der Waals surface area contributed by atoms with Crippen molar-refractivity contribution in [2.75, 3.05) is 45.1 Å². The van der Waals surface area contributed by atoms with Gasteiger partial charge in [0.1, 0.15) is 5.69 Å². The molecule has 1 heterocycles. The second kappa shape index (κ2) is 7.07. The van der Waals surface area contributed by atoms with Crippen LogP contribution in [0.4, 0.5) is 11.4 Å². The van der Waals surface area contributed by atoms with E-state index in [-0.39, 0.29) is 16.3 Å². The molecule has 0 radical (unpaired) electrons. The smallest absolute Gasteiger partial charge is 0.293 e. The van der Waals surface area contributed by atoms with Crippen molar-refractivity contribution in [2.45, 2.75) is 4.90 Å². The first-order chi connectivity index (χ1) is 10.9. The number of benzene rings is 1. The maximum atomic E-state index is 12.6. The van der Waals surface area contributed by atoms with Crippen LogP contribution >= 0.6 is 0 Å². The van der Waals surface area contributed by atoms with Crippen LogP contribution in [0.15, 0.2) is 35.7 Å². The summed E-state index contributed by atoms with van der Waals surface area (Å²) >= 11 is 0. The number of piperazine rings is 1. The molecule has 9 heteroatoms. The van der Waals surface area contributed by atoms with Gasteiger partial charge in [-0.3, -0.25) is 10.1 Å². The first-order valence-corrected chi connectivity index (χ1v) is 8.62. The zero-order chi connectivity index (χ0) is 17.0. The summed E-state index contributed by atoms with van der Waals surface area (Å²) in [7, 11) is -1.80. The van der Waals surface area contributed by atoms with E-state index in [1.165, 1.54) is 16.4 Å². The third kappa shape index (κ3) is 3.87. The van der Waals surface area contributed by atoms with Gasteiger partial charge in [-0.2, -0.15) is 4.31 Å². The van der Waals surface area contributed by atoms with E-state index in [4.69, 9.17) is 0 Å². The van der Waals surface area contributed by atoms with Crippen molar-refractivity contribution in [1.29, 1.82) is 0 Å². The highest BCUT2D eigenvalue weighted by molar-refractivity contribution is 7.89. The van der Waals surface area contributed by atoms with Gasteiger partial charge >= 0.3 is 0 Å². The zero-order valence-electron chi connectivity index (χ0n) is 12.9. The van der Waals surface area contributed by atoms with E-state index in [1.807, 2.05) is 11.9 Å². The standard InChI is InChI=1S/C14H20N4O4S/c1-3-6-15-13-5-4-12(11-14(13)18(19)20)23(21,22)17-9-7-16(2)8-10-17/h3-5,11,15H,1,6-10H2,2H3. The lowest BCUT2D eigenvalue weighted by atomic mass is 10.2. The van der Waals surface area contributed by atoms with E-state index in [0.717, 1.165) is 6.07 Å². The van der Waals surface area contributed by atoms with Gasteiger partial charge in [0, 0.05) is 38.8 Å². The fourth-order valence-electron chi connectivity index (χ4n) is 2.33. The molecule has 1 aliphatic heterocycles. The number of rotatable bonds is 6. The molecule has 0 spiro atoms. The average molecular weight is 340 g/mol. The summed E-state index contributed by atoms with van der Waals surface area (Å²) in [5.74, 6) is 0. The molecule has 0 amide bonds. The quantitative estimate of drug-likeness (QED) is 0.474. The molecule has 1 aromatic rings. The Morgan fingerprint density at radius 1 is 1.35 bits per heavy atom. The molecule has 1 fully saturated rings. The topological polar surface area (TPSA) is 95.8 Å². The molecule has 1 saturated heterocycles. The van der Waals surface area contributed by atoms with Crippen molar-refractivity contribution in [3.05, 3.63) is 41.0 Å². The minimum Gasteiger partial charge on any atom is -0.376 e. The lowest BCUT2D eigenvalue weighted by Crippen LogP contribution is -2.47. The molecule has 1 N–H and O–H groups in total. The Bertz CT molecular complexity index is 697. The van der Waals surface area contributed by atoms with Crippen LogP contribution in [0, 0.1) is 10.1 Å². The van der Waals surface area contributed by atoms with Crippen molar-refractivity contribution in [1.82, 2.24) is 9.21 Å². The Hall–Kier alpha value is -1.97. The maximum absolute atomic E-state index is 12.6. The van der Waals surface area contributed by atoms with Gasteiger partial charge in [-0.15, -0.1) is 6.58 Å². The molecule has 8 nitrogen and oxygen atoms in total. The summed E-state index contributed by atoms with van der Waals surface area (Å²) in [5.41, 5.74) is 0.00859. The molecular formula is C14H20N4O4S. The van der Waals surface area contributed by atoms with Crippen molar-refractivity contribution in [3.8, 4) is 0 Å². The molecule has 0 saturated carbocycles. The van der Waals surface area contributed by atoms with Crippen LogP contribution in [0.2, 0.25) is 0 Å². The minimum atomic E-state index is -3.72. The van der Waals surface area contributed by atoms with Gasteiger partial charge in [0.05, 0.1) is 9.82 Å². The van der Waals surface area contributed by atoms with Crippen LogP contribution in [0.3, 0.4) is 0 Å². The molecule has 1 aromatic carbocycles. The second-order valence-electron chi connectivity index (χ2n) is 5.31. The summed E-state index contributed by atoms with van der Waals surface area (Å²) in [5, 5.41) is 14.0. The van der Waals surface area contributed by atoms with Crippen LogP contribution in [0.25, 0.3) is 0 Å². The summed E-state index contributed by atoms with van der Waals surface area (Å²) in [6.45, 7) is 5.92. The zero-order valence-corrected chi connectivity index (χ0v) is 13.8. The van der Waals surface area contributed by atoms with Gasteiger partial charge in [0.25, 0.3) is 5.69 Å². The molecule has 1 aliphatic rings. The molecule has 0 atom stereocenters. The first-order valence-electron chi connectivity index (χ1n) is 7.18. The summed E-state index contributed by atoms with van der Waals surface area (Å²) in [4.78, 5) is 12.6. The van der Waals surface area contributed by atoms with Gasteiger partial charge in [-0.1, -0.05) is 6.08 Å². The monoisotopic (exact) mass is 340 g/mol. The highest BCUT2D eigenvalue weighted by Crippen LogP contribution is 2.29. The number of likely N-dealkylation sites (N-methyl/N-ethyl adjacent to an activating group) is 1. The van der Waals surface area contributed by atoms with Crippen molar-refractivity contribution < 1.29 is 13.3 Å². The van der Waals surface area contributed by atoms with Crippen molar-refractivity contribution >= 4 is 21.4 Å². The predicted molar refractivity (Wildman–Crippen MR) is 88.0 cm³/mol. The Kier molecular flexibility index (Phi) is 5.34. The van der Waals surface area contributed by atoms with Crippen LogP contribution in [-0.2, 0) is 10.0 Å². The predicted octanol–water partition coefficient (Wildman–Crippen LogP) is 1.13.